The first-order valence-corrected chi connectivity index (χ1v) is 5.63. The molecular formula is C14H18ClNO. The van der Waals surface area contributed by atoms with Crippen LogP contribution in [0.5, 0.6) is 0 Å². The van der Waals surface area contributed by atoms with E-state index in [1.54, 1.807) is 6.92 Å². The molecule has 0 aromatic heterocycles. The molecule has 2 N–H and O–H groups in total. The number of fused-ring (bicyclic) bond motifs is 1. The molecule has 2 aromatic rings. The number of benzene rings is 2. The Kier molecular flexibility index (Phi) is 5.42. The van der Waals surface area contributed by atoms with Crippen LogP contribution in [0.3, 0.4) is 0 Å². The van der Waals surface area contributed by atoms with Gasteiger partial charge in [-0.2, -0.15) is 0 Å². The number of halogens is 1. The van der Waals surface area contributed by atoms with E-state index in [-0.39, 0.29) is 18.5 Å². The quantitative estimate of drug-likeness (QED) is 0.876. The van der Waals surface area contributed by atoms with Crippen LogP contribution in [0.4, 0.5) is 0 Å². The van der Waals surface area contributed by atoms with Gasteiger partial charge in [0.2, 0.25) is 0 Å². The van der Waals surface area contributed by atoms with E-state index in [0.717, 1.165) is 6.54 Å². The molecule has 2 aromatic carbocycles. The van der Waals surface area contributed by atoms with Gasteiger partial charge in [0.25, 0.3) is 0 Å². The molecule has 1 atom stereocenters. The monoisotopic (exact) mass is 251 g/mol. The van der Waals surface area contributed by atoms with E-state index in [9.17, 15) is 5.11 Å². The number of aliphatic hydroxyl groups excluding tert-OH is 1. The van der Waals surface area contributed by atoms with Crippen LogP contribution in [0, 0.1) is 0 Å². The van der Waals surface area contributed by atoms with Crippen LogP contribution in [0.15, 0.2) is 42.5 Å². The molecule has 0 aliphatic heterocycles. The van der Waals surface area contributed by atoms with Crippen molar-refractivity contribution in [1.82, 2.24) is 5.32 Å². The van der Waals surface area contributed by atoms with Crippen molar-refractivity contribution < 1.29 is 5.11 Å². The maximum atomic E-state index is 9.18. The molecule has 0 fully saturated rings. The molecule has 0 bridgehead atoms. The molecule has 0 spiro atoms. The summed E-state index contributed by atoms with van der Waals surface area (Å²) < 4.78 is 0. The van der Waals surface area contributed by atoms with Crippen LogP contribution in [0.1, 0.15) is 12.5 Å². The van der Waals surface area contributed by atoms with Gasteiger partial charge in [0.05, 0.1) is 6.10 Å². The van der Waals surface area contributed by atoms with E-state index in [1.165, 1.54) is 16.3 Å². The highest BCUT2D eigenvalue weighted by atomic mass is 35.5. The summed E-state index contributed by atoms with van der Waals surface area (Å²) in [6.07, 6.45) is -0.296. The minimum absolute atomic E-state index is 0. The summed E-state index contributed by atoms with van der Waals surface area (Å²) in [4.78, 5) is 0. The van der Waals surface area contributed by atoms with Crippen molar-refractivity contribution in [3.63, 3.8) is 0 Å². The number of hydrogen-bond acceptors (Lipinski definition) is 2. The lowest BCUT2D eigenvalue weighted by Gasteiger charge is -2.09. The van der Waals surface area contributed by atoms with Gasteiger partial charge < -0.3 is 10.4 Å². The highest BCUT2D eigenvalue weighted by Crippen LogP contribution is 2.17. The van der Waals surface area contributed by atoms with E-state index in [4.69, 9.17) is 0 Å². The van der Waals surface area contributed by atoms with Gasteiger partial charge in [0.1, 0.15) is 0 Å². The highest BCUT2D eigenvalue weighted by Gasteiger charge is 2.00. The Morgan fingerprint density at radius 1 is 1.12 bits per heavy atom. The first-order valence-electron chi connectivity index (χ1n) is 5.63. The lowest BCUT2D eigenvalue weighted by molar-refractivity contribution is 0.191. The summed E-state index contributed by atoms with van der Waals surface area (Å²) in [5.74, 6) is 0. The fraction of sp³-hybridized carbons (Fsp3) is 0.286. The summed E-state index contributed by atoms with van der Waals surface area (Å²) in [6, 6.07) is 14.7. The molecule has 92 valence electrons. The normalized spacial score (nSPS) is 12.1. The molecule has 0 heterocycles. The summed E-state index contributed by atoms with van der Waals surface area (Å²) in [5, 5.41) is 15.0. The largest absolute Gasteiger partial charge is 0.392 e. The van der Waals surface area contributed by atoms with Crippen LogP contribution >= 0.6 is 12.4 Å². The first kappa shape index (κ1) is 14.0. The number of aliphatic hydroxyl groups is 1. The van der Waals surface area contributed by atoms with Crippen molar-refractivity contribution in [3.8, 4) is 0 Å². The Morgan fingerprint density at radius 3 is 2.59 bits per heavy atom. The van der Waals surface area contributed by atoms with Crippen molar-refractivity contribution in [1.29, 1.82) is 0 Å². The second-order valence-corrected chi connectivity index (χ2v) is 4.12. The molecular weight excluding hydrogens is 234 g/mol. The zero-order valence-electron chi connectivity index (χ0n) is 9.89. The number of nitrogens with one attached hydrogen (secondary N) is 1. The third-order valence-corrected chi connectivity index (χ3v) is 2.64. The Bertz CT molecular complexity index is 465. The van der Waals surface area contributed by atoms with Crippen molar-refractivity contribution >= 4 is 23.2 Å². The molecule has 0 aliphatic carbocycles. The highest BCUT2D eigenvalue weighted by molar-refractivity contribution is 5.85. The molecule has 2 nitrogen and oxygen atoms in total. The maximum absolute atomic E-state index is 9.18. The van der Waals surface area contributed by atoms with Gasteiger partial charge in [-0.1, -0.05) is 42.5 Å². The molecule has 3 heteroatoms. The number of rotatable bonds is 4. The fourth-order valence-electron chi connectivity index (χ4n) is 1.86. The predicted octanol–water partition coefficient (Wildman–Crippen LogP) is 2.73. The van der Waals surface area contributed by atoms with E-state index in [0.29, 0.717) is 6.54 Å². The lowest BCUT2D eigenvalue weighted by atomic mass is 10.0. The minimum atomic E-state index is -0.296. The fourth-order valence-corrected chi connectivity index (χ4v) is 1.86. The van der Waals surface area contributed by atoms with E-state index in [1.807, 2.05) is 0 Å². The molecule has 0 saturated heterocycles. The topological polar surface area (TPSA) is 32.3 Å². The third-order valence-electron chi connectivity index (χ3n) is 2.64. The van der Waals surface area contributed by atoms with Crippen molar-refractivity contribution in [2.75, 3.05) is 6.54 Å². The third kappa shape index (κ3) is 3.70. The molecule has 0 saturated carbocycles. The molecule has 17 heavy (non-hydrogen) atoms. The van der Waals surface area contributed by atoms with Gasteiger partial charge >= 0.3 is 0 Å². The predicted molar refractivity (Wildman–Crippen MR) is 74.6 cm³/mol. The van der Waals surface area contributed by atoms with Crippen LogP contribution in [0.25, 0.3) is 10.8 Å². The van der Waals surface area contributed by atoms with Crippen LogP contribution < -0.4 is 5.32 Å². The Balaban J connectivity index is 0.00000144. The summed E-state index contributed by atoms with van der Waals surface area (Å²) in [5.41, 5.74) is 1.28. The summed E-state index contributed by atoms with van der Waals surface area (Å²) in [7, 11) is 0. The van der Waals surface area contributed by atoms with Crippen LogP contribution in [-0.2, 0) is 6.54 Å². The zero-order chi connectivity index (χ0) is 11.4. The van der Waals surface area contributed by atoms with E-state index >= 15 is 0 Å². The number of hydrogen-bond donors (Lipinski definition) is 2. The van der Waals surface area contributed by atoms with Gasteiger partial charge in [-0.25, -0.2) is 0 Å². The average Bonchev–Trinajstić information content (AvgIpc) is 2.29. The van der Waals surface area contributed by atoms with Crippen molar-refractivity contribution in [2.24, 2.45) is 0 Å². The van der Waals surface area contributed by atoms with E-state index < -0.39 is 0 Å². The second kappa shape index (κ2) is 6.60. The Morgan fingerprint density at radius 2 is 1.82 bits per heavy atom. The van der Waals surface area contributed by atoms with Crippen molar-refractivity contribution in [2.45, 2.75) is 19.6 Å². The molecule has 0 amide bonds. The Hall–Kier alpha value is -1.09. The van der Waals surface area contributed by atoms with Crippen LogP contribution in [0.2, 0.25) is 0 Å². The minimum Gasteiger partial charge on any atom is -0.392 e. The molecule has 1 unspecified atom stereocenters. The summed E-state index contributed by atoms with van der Waals surface area (Å²) in [6.45, 7) is 3.21. The average molecular weight is 252 g/mol. The maximum Gasteiger partial charge on any atom is 0.0636 e. The molecule has 0 radical (unpaired) electrons. The lowest BCUT2D eigenvalue weighted by Crippen LogP contribution is -2.23. The SMILES string of the molecule is CC(O)CNCc1cccc2ccccc12.Cl. The van der Waals surface area contributed by atoms with Gasteiger partial charge in [-0.3, -0.25) is 0 Å². The second-order valence-electron chi connectivity index (χ2n) is 4.12. The van der Waals surface area contributed by atoms with Crippen molar-refractivity contribution in [3.05, 3.63) is 48.0 Å². The van der Waals surface area contributed by atoms with E-state index in [2.05, 4.69) is 47.8 Å². The standard InChI is InChI=1S/C14H17NO.ClH/c1-11(16)9-15-10-13-7-4-6-12-5-2-3-8-14(12)13;/h2-8,11,15-16H,9-10H2,1H3;1H. The Labute approximate surface area is 108 Å². The molecule has 0 aliphatic rings. The van der Waals surface area contributed by atoms with Gasteiger partial charge in [0.15, 0.2) is 0 Å². The van der Waals surface area contributed by atoms with Gasteiger partial charge in [0, 0.05) is 13.1 Å². The van der Waals surface area contributed by atoms with Gasteiger partial charge in [-0.15, -0.1) is 12.4 Å². The van der Waals surface area contributed by atoms with Gasteiger partial charge in [-0.05, 0) is 23.3 Å². The smallest absolute Gasteiger partial charge is 0.0636 e. The molecule has 2 rings (SSSR count). The summed E-state index contributed by atoms with van der Waals surface area (Å²) >= 11 is 0. The first-order chi connectivity index (χ1) is 7.77. The zero-order valence-corrected chi connectivity index (χ0v) is 10.7. The van der Waals surface area contributed by atoms with Crippen LogP contribution in [-0.4, -0.2) is 17.8 Å².